The number of benzene rings is 1. The Bertz CT molecular complexity index is 1120. The van der Waals surface area contributed by atoms with Crippen molar-refractivity contribution < 1.29 is 23.8 Å². The van der Waals surface area contributed by atoms with Crippen LogP contribution in [0, 0.1) is 19.8 Å². The largest absolute Gasteiger partial charge is 0.443 e. The van der Waals surface area contributed by atoms with Crippen molar-refractivity contribution in [3.05, 3.63) is 40.0 Å². The summed E-state index contributed by atoms with van der Waals surface area (Å²) in [5.74, 6) is 0.292. The lowest BCUT2D eigenvalue weighted by atomic mass is 9.87. The van der Waals surface area contributed by atoms with Crippen molar-refractivity contribution in [2.24, 2.45) is 5.92 Å². The van der Waals surface area contributed by atoms with Gasteiger partial charge >= 0.3 is 12.2 Å². The third-order valence-electron chi connectivity index (χ3n) is 5.87. The quantitative estimate of drug-likeness (QED) is 0.390. The molecule has 37 heavy (non-hydrogen) atoms. The zero-order valence-corrected chi connectivity index (χ0v) is 23.9. The van der Waals surface area contributed by atoms with Crippen LogP contribution < -0.4 is 4.90 Å². The molecule has 8 nitrogen and oxygen atoms in total. The van der Waals surface area contributed by atoms with E-state index in [9.17, 15) is 9.59 Å². The van der Waals surface area contributed by atoms with Crippen LogP contribution in [0.15, 0.2) is 18.2 Å². The number of aryl methyl sites for hydroxylation is 1. The summed E-state index contributed by atoms with van der Waals surface area (Å²) in [6.07, 6.45) is 0.957. The Hall–Kier alpha value is -2.71. The lowest BCUT2D eigenvalue weighted by Gasteiger charge is -2.28. The molecule has 0 radical (unpaired) electrons. The number of imide groups is 1. The zero-order valence-electron chi connectivity index (χ0n) is 23.1. The minimum atomic E-state index is -0.945. The van der Waals surface area contributed by atoms with Crippen molar-refractivity contribution in [3.8, 4) is 11.3 Å². The Morgan fingerprint density at radius 1 is 1.00 bits per heavy atom. The first-order chi connectivity index (χ1) is 17.2. The van der Waals surface area contributed by atoms with Crippen molar-refractivity contribution in [2.75, 3.05) is 18.1 Å². The average Bonchev–Trinajstić information content (AvgIpc) is 2.75. The first-order valence-electron chi connectivity index (χ1n) is 12.6. The number of rotatable bonds is 4. The van der Waals surface area contributed by atoms with Gasteiger partial charge in [0.1, 0.15) is 16.4 Å². The number of aromatic nitrogens is 2. The van der Waals surface area contributed by atoms with Gasteiger partial charge in [-0.3, -0.25) is 0 Å². The zero-order chi connectivity index (χ0) is 27.5. The molecule has 1 fully saturated rings. The molecular formula is C28H38ClN3O5. The van der Waals surface area contributed by atoms with Gasteiger partial charge in [-0.25, -0.2) is 14.6 Å². The molecule has 1 aliphatic rings. The van der Waals surface area contributed by atoms with E-state index in [4.69, 9.17) is 30.8 Å². The van der Waals surface area contributed by atoms with E-state index in [0.29, 0.717) is 22.1 Å². The second-order valence-corrected chi connectivity index (χ2v) is 11.8. The van der Waals surface area contributed by atoms with Gasteiger partial charge in [-0.15, -0.1) is 4.90 Å². The fraction of sp³-hybridized carbons (Fsp3) is 0.571. The van der Waals surface area contributed by atoms with E-state index in [1.807, 2.05) is 26.0 Å². The maximum atomic E-state index is 13.2. The molecule has 9 heteroatoms. The predicted molar refractivity (Wildman–Crippen MR) is 144 cm³/mol. The van der Waals surface area contributed by atoms with E-state index >= 15 is 0 Å². The van der Waals surface area contributed by atoms with Crippen LogP contribution in [0.3, 0.4) is 0 Å². The van der Waals surface area contributed by atoms with Crippen LogP contribution in [0.1, 0.15) is 71.1 Å². The molecule has 3 rings (SSSR count). The summed E-state index contributed by atoms with van der Waals surface area (Å²) >= 11 is 6.59. The predicted octanol–water partition coefficient (Wildman–Crippen LogP) is 7.06. The molecule has 1 aliphatic heterocycles. The third kappa shape index (κ3) is 7.65. The van der Waals surface area contributed by atoms with Crippen LogP contribution in [0.5, 0.6) is 0 Å². The molecule has 0 spiro atoms. The highest BCUT2D eigenvalue weighted by Crippen LogP contribution is 2.35. The van der Waals surface area contributed by atoms with Crippen LogP contribution in [0.4, 0.5) is 15.5 Å². The Kier molecular flexibility index (Phi) is 8.85. The minimum Gasteiger partial charge on any atom is -0.443 e. The lowest BCUT2D eigenvalue weighted by Crippen LogP contribution is -2.44. The highest BCUT2D eigenvalue weighted by molar-refractivity contribution is 6.30. The number of nitrogens with zero attached hydrogens (tertiary/aromatic N) is 3. The molecule has 0 N–H and O–H groups in total. The number of carbonyl (C=O) groups excluding carboxylic acids is 2. The van der Waals surface area contributed by atoms with Gasteiger partial charge in [0.15, 0.2) is 0 Å². The molecule has 202 valence electrons. The summed E-state index contributed by atoms with van der Waals surface area (Å²) < 4.78 is 16.5. The third-order valence-corrected chi connectivity index (χ3v) is 6.24. The van der Waals surface area contributed by atoms with Crippen molar-refractivity contribution >= 4 is 29.7 Å². The summed E-state index contributed by atoms with van der Waals surface area (Å²) in [6, 6.07) is 6.13. The van der Waals surface area contributed by atoms with Crippen molar-refractivity contribution in [1.82, 2.24) is 9.97 Å². The Morgan fingerprint density at radius 2 is 1.57 bits per heavy atom. The second-order valence-electron chi connectivity index (χ2n) is 11.5. The SMILES string of the molecule is Cc1cccc(CC2CCOCC2)c1-c1nc(N(C(=O)OC(C)(C)C)C(=O)OC(C)(C)C)nc(Cl)c1C. The number of halogens is 1. The highest BCUT2D eigenvalue weighted by atomic mass is 35.5. The second kappa shape index (κ2) is 11.4. The van der Waals surface area contributed by atoms with Crippen molar-refractivity contribution in [2.45, 2.75) is 85.9 Å². The molecule has 0 aliphatic carbocycles. The number of hydrogen-bond acceptors (Lipinski definition) is 7. The normalized spacial score (nSPS) is 14.8. The van der Waals surface area contributed by atoms with E-state index in [1.165, 1.54) is 0 Å². The van der Waals surface area contributed by atoms with Gasteiger partial charge in [0.05, 0.1) is 5.69 Å². The van der Waals surface area contributed by atoms with Crippen LogP contribution in [0.25, 0.3) is 11.3 Å². The smallest absolute Gasteiger partial charge is 0.427 e. The molecule has 2 heterocycles. The molecule has 1 aromatic carbocycles. The maximum absolute atomic E-state index is 13.2. The number of amides is 2. The number of anilines is 1. The van der Waals surface area contributed by atoms with Gasteiger partial charge in [-0.05, 0) is 91.7 Å². The number of hydrogen-bond donors (Lipinski definition) is 0. The molecule has 1 aromatic heterocycles. The van der Waals surface area contributed by atoms with E-state index < -0.39 is 23.4 Å². The summed E-state index contributed by atoms with van der Waals surface area (Å²) in [7, 11) is 0. The Morgan fingerprint density at radius 3 is 2.11 bits per heavy atom. The molecule has 2 aromatic rings. The highest BCUT2D eigenvalue weighted by Gasteiger charge is 2.35. The number of carbonyl (C=O) groups is 2. The monoisotopic (exact) mass is 531 g/mol. The molecule has 0 saturated carbocycles. The summed E-state index contributed by atoms with van der Waals surface area (Å²) in [6.45, 7) is 15.6. The van der Waals surface area contributed by atoms with Gasteiger partial charge in [-0.2, -0.15) is 4.98 Å². The van der Waals surface area contributed by atoms with Crippen LogP contribution >= 0.6 is 11.6 Å². The standard InChI is InChI=1S/C28H38ClN3O5/c1-17-10-9-11-20(16-19-12-14-35-15-13-19)21(17)22-18(2)23(29)31-24(30-22)32(25(33)36-27(3,4)5)26(34)37-28(6,7)8/h9-11,19H,12-16H2,1-8H3. The number of ether oxygens (including phenoxy) is 3. The summed E-state index contributed by atoms with van der Waals surface area (Å²) in [5, 5.41) is 0.136. The van der Waals surface area contributed by atoms with E-state index in [0.717, 1.165) is 49.2 Å². The first kappa shape index (κ1) is 28.9. The molecule has 1 saturated heterocycles. The van der Waals surface area contributed by atoms with E-state index in [-0.39, 0.29) is 11.1 Å². The first-order valence-corrected chi connectivity index (χ1v) is 13.0. The molecule has 0 atom stereocenters. The van der Waals surface area contributed by atoms with Crippen LogP contribution in [-0.2, 0) is 20.6 Å². The molecular weight excluding hydrogens is 494 g/mol. The van der Waals surface area contributed by atoms with Gasteiger partial charge in [-0.1, -0.05) is 29.8 Å². The van der Waals surface area contributed by atoms with Gasteiger partial charge in [0.2, 0.25) is 5.95 Å². The van der Waals surface area contributed by atoms with Crippen molar-refractivity contribution in [3.63, 3.8) is 0 Å². The summed E-state index contributed by atoms with van der Waals surface area (Å²) in [5.41, 5.74) is 2.55. The van der Waals surface area contributed by atoms with E-state index in [1.54, 1.807) is 41.5 Å². The Labute approximate surface area is 224 Å². The Balaban J connectivity index is 2.13. The van der Waals surface area contributed by atoms with Gasteiger partial charge in [0, 0.05) is 24.3 Å². The fourth-order valence-corrected chi connectivity index (χ4v) is 4.34. The maximum Gasteiger partial charge on any atom is 0.427 e. The fourth-order valence-electron chi connectivity index (χ4n) is 4.17. The van der Waals surface area contributed by atoms with Gasteiger partial charge < -0.3 is 14.2 Å². The minimum absolute atomic E-state index is 0.136. The summed E-state index contributed by atoms with van der Waals surface area (Å²) in [4.78, 5) is 36.1. The van der Waals surface area contributed by atoms with Crippen molar-refractivity contribution in [1.29, 1.82) is 0 Å². The molecule has 0 unspecified atom stereocenters. The lowest BCUT2D eigenvalue weighted by molar-refractivity contribution is 0.0427. The van der Waals surface area contributed by atoms with Gasteiger partial charge in [0.25, 0.3) is 0 Å². The topological polar surface area (TPSA) is 90.8 Å². The molecule has 0 bridgehead atoms. The van der Waals surface area contributed by atoms with Crippen LogP contribution in [0.2, 0.25) is 5.15 Å². The van der Waals surface area contributed by atoms with E-state index in [2.05, 4.69) is 11.1 Å². The van der Waals surface area contributed by atoms with Crippen LogP contribution in [-0.4, -0.2) is 46.6 Å². The molecule has 2 amide bonds. The average molecular weight is 532 g/mol.